The SMILES string of the molecule is CCCOC(=O)CCO.CCOC(=O)CCO. The van der Waals surface area contributed by atoms with E-state index in [0.29, 0.717) is 13.2 Å². The molecule has 0 rings (SSSR count). The fraction of sp³-hybridized carbons (Fsp3) is 0.818. The van der Waals surface area contributed by atoms with E-state index in [1.54, 1.807) is 6.92 Å². The maximum absolute atomic E-state index is 10.4. The highest BCUT2D eigenvalue weighted by atomic mass is 16.5. The Labute approximate surface area is 102 Å². The van der Waals surface area contributed by atoms with E-state index in [1.807, 2.05) is 6.92 Å². The second kappa shape index (κ2) is 14.9. The van der Waals surface area contributed by atoms with Gasteiger partial charge < -0.3 is 19.7 Å². The van der Waals surface area contributed by atoms with Gasteiger partial charge in [-0.25, -0.2) is 0 Å². The Morgan fingerprint density at radius 3 is 1.76 bits per heavy atom. The molecule has 0 heterocycles. The Kier molecular flexibility index (Phi) is 15.9. The van der Waals surface area contributed by atoms with E-state index in [1.165, 1.54) is 0 Å². The van der Waals surface area contributed by atoms with Gasteiger partial charge in [-0.05, 0) is 13.3 Å². The number of esters is 2. The van der Waals surface area contributed by atoms with Crippen LogP contribution >= 0.6 is 0 Å². The number of rotatable bonds is 7. The lowest BCUT2D eigenvalue weighted by Gasteiger charge is -1.98. The van der Waals surface area contributed by atoms with Gasteiger partial charge in [0, 0.05) is 0 Å². The first-order valence-electron chi connectivity index (χ1n) is 5.65. The Morgan fingerprint density at radius 1 is 0.941 bits per heavy atom. The van der Waals surface area contributed by atoms with Crippen molar-refractivity contribution in [3.63, 3.8) is 0 Å². The van der Waals surface area contributed by atoms with Crippen LogP contribution in [0.5, 0.6) is 0 Å². The van der Waals surface area contributed by atoms with Crippen molar-refractivity contribution >= 4 is 11.9 Å². The normalized spacial score (nSPS) is 8.94. The van der Waals surface area contributed by atoms with Gasteiger partial charge in [-0.2, -0.15) is 0 Å². The third-order valence-electron chi connectivity index (χ3n) is 1.40. The van der Waals surface area contributed by atoms with Crippen molar-refractivity contribution in [3.8, 4) is 0 Å². The highest BCUT2D eigenvalue weighted by molar-refractivity contribution is 5.69. The van der Waals surface area contributed by atoms with E-state index in [4.69, 9.17) is 10.2 Å². The number of hydrogen-bond acceptors (Lipinski definition) is 6. The quantitative estimate of drug-likeness (QED) is 0.629. The molecule has 6 heteroatoms. The summed E-state index contributed by atoms with van der Waals surface area (Å²) in [6.07, 6.45) is 1.05. The summed E-state index contributed by atoms with van der Waals surface area (Å²) in [6.45, 7) is 4.25. The molecule has 0 spiro atoms. The molecule has 17 heavy (non-hydrogen) atoms. The van der Waals surface area contributed by atoms with Crippen LogP contribution in [0.25, 0.3) is 0 Å². The minimum absolute atomic E-state index is 0.105. The summed E-state index contributed by atoms with van der Waals surface area (Å²) in [7, 11) is 0. The topological polar surface area (TPSA) is 93.1 Å². The lowest BCUT2D eigenvalue weighted by atomic mass is 10.4. The Balaban J connectivity index is 0. The summed E-state index contributed by atoms with van der Waals surface area (Å²) in [4.78, 5) is 20.7. The minimum atomic E-state index is -0.338. The largest absolute Gasteiger partial charge is 0.466 e. The number of aliphatic hydroxyl groups excluding tert-OH is 2. The number of hydrogen-bond donors (Lipinski definition) is 2. The van der Waals surface area contributed by atoms with Crippen molar-refractivity contribution in [1.29, 1.82) is 0 Å². The number of carbonyl (C=O) groups excluding carboxylic acids is 2. The summed E-state index contributed by atoms with van der Waals surface area (Å²) >= 11 is 0. The van der Waals surface area contributed by atoms with Crippen LogP contribution in [0.3, 0.4) is 0 Å². The van der Waals surface area contributed by atoms with Gasteiger partial charge in [0.05, 0.1) is 39.3 Å². The predicted molar refractivity (Wildman–Crippen MR) is 61.3 cm³/mol. The van der Waals surface area contributed by atoms with Gasteiger partial charge >= 0.3 is 11.9 Å². The fourth-order valence-corrected chi connectivity index (χ4v) is 0.704. The molecule has 0 unspecified atom stereocenters. The fourth-order valence-electron chi connectivity index (χ4n) is 0.704. The molecule has 0 saturated carbocycles. The lowest BCUT2D eigenvalue weighted by molar-refractivity contribution is -0.145. The molecule has 0 aliphatic carbocycles. The maximum Gasteiger partial charge on any atom is 0.308 e. The van der Waals surface area contributed by atoms with Crippen molar-refractivity contribution in [3.05, 3.63) is 0 Å². The van der Waals surface area contributed by atoms with E-state index in [0.717, 1.165) is 6.42 Å². The van der Waals surface area contributed by atoms with Gasteiger partial charge in [0.2, 0.25) is 0 Å². The molecule has 0 fully saturated rings. The summed E-state index contributed by atoms with van der Waals surface area (Å²) < 4.78 is 9.12. The van der Waals surface area contributed by atoms with Crippen molar-refractivity contribution in [2.75, 3.05) is 26.4 Å². The second-order valence-electron chi connectivity index (χ2n) is 2.97. The van der Waals surface area contributed by atoms with Crippen molar-refractivity contribution in [2.24, 2.45) is 0 Å². The van der Waals surface area contributed by atoms with E-state index >= 15 is 0 Å². The van der Waals surface area contributed by atoms with Gasteiger partial charge in [-0.3, -0.25) is 9.59 Å². The van der Waals surface area contributed by atoms with Crippen molar-refractivity contribution in [1.82, 2.24) is 0 Å². The van der Waals surface area contributed by atoms with E-state index in [2.05, 4.69) is 9.47 Å². The van der Waals surface area contributed by atoms with Crippen LogP contribution < -0.4 is 0 Å². The summed E-state index contributed by atoms with van der Waals surface area (Å²) in [5.41, 5.74) is 0. The average Bonchev–Trinajstić information content (AvgIpc) is 2.28. The van der Waals surface area contributed by atoms with Gasteiger partial charge in [-0.15, -0.1) is 0 Å². The molecule has 6 nitrogen and oxygen atoms in total. The lowest BCUT2D eigenvalue weighted by Crippen LogP contribution is -2.06. The second-order valence-corrected chi connectivity index (χ2v) is 2.97. The minimum Gasteiger partial charge on any atom is -0.466 e. The predicted octanol–water partition coefficient (Wildman–Crippen LogP) is 0.254. The first-order valence-corrected chi connectivity index (χ1v) is 5.65. The third kappa shape index (κ3) is 17.5. The van der Waals surface area contributed by atoms with Crippen LogP contribution in [0.15, 0.2) is 0 Å². The monoisotopic (exact) mass is 250 g/mol. The van der Waals surface area contributed by atoms with Crippen LogP contribution in [-0.2, 0) is 19.1 Å². The van der Waals surface area contributed by atoms with Gasteiger partial charge in [0.25, 0.3) is 0 Å². The van der Waals surface area contributed by atoms with Gasteiger partial charge in [-0.1, -0.05) is 6.92 Å². The van der Waals surface area contributed by atoms with Crippen LogP contribution in [0.4, 0.5) is 0 Å². The molecule has 0 radical (unpaired) electrons. The number of aliphatic hydroxyl groups is 2. The highest BCUT2D eigenvalue weighted by Gasteiger charge is 1.98. The van der Waals surface area contributed by atoms with E-state index in [9.17, 15) is 9.59 Å². The molecule has 0 atom stereocenters. The first-order chi connectivity index (χ1) is 8.12. The zero-order valence-electron chi connectivity index (χ0n) is 10.5. The molecular weight excluding hydrogens is 228 g/mol. The van der Waals surface area contributed by atoms with Gasteiger partial charge in [0.1, 0.15) is 0 Å². The van der Waals surface area contributed by atoms with Crippen LogP contribution in [0, 0.1) is 0 Å². The number of carbonyl (C=O) groups is 2. The van der Waals surface area contributed by atoms with Crippen LogP contribution in [0.1, 0.15) is 33.1 Å². The Hall–Kier alpha value is -1.14. The van der Waals surface area contributed by atoms with E-state index < -0.39 is 0 Å². The van der Waals surface area contributed by atoms with Crippen molar-refractivity contribution in [2.45, 2.75) is 33.1 Å². The Bertz CT molecular complexity index is 184. The van der Waals surface area contributed by atoms with E-state index in [-0.39, 0.29) is 38.0 Å². The molecule has 0 amide bonds. The zero-order chi connectivity index (χ0) is 13.5. The average molecular weight is 250 g/mol. The molecule has 2 N–H and O–H groups in total. The van der Waals surface area contributed by atoms with Gasteiger partial charge in [0.15, 0.2) is 0 Å². The maximum atomic E-state index is 10.4. The molecular formula is C11H22O6. The van der Waals surface area contributed by atoms with Crippen LogP contribution in [-0.4, -0.2) is 48.6 Å². The zero-order valence-corrected chi connectivity index (χ0v) is 10.5. The molecule has 102 valence electrons. The first kappa shape index (κ1) is 18.2. The molecule has 0 aromatic heterocycles. The summed E-state index contributed by atoms with van der Waals surface area (Å²) in [5.74, 6) is -0.658. The summed E-state index contributed by atoms with van der Waals surface area (Å²) in [5, 5.41) is 16.4. The Morgan fingerprint density at radius 2 is 1.41 bits per heavy atom. The molecule has 0 aromatic rings. The van der Waals surface area contributed by atoms with Crippen LogP contribution in [0.2, 0.25) is 0 Å². The molecule has 0 aromatic carbocycles. The molecule has 0 bridgehead atoms. The van der Waals surface area contributed by atoms with Crippen molar-refractivity contribution < 1.29 is 29.3 Å². The summed E-state index contributed by atoms with van der Waals surface area (Å²) in [6, 6.07) is 0. The molecule has 0 aliphatic rings. The molecule has 0 saturated heterocycles. The third-order valence-corrected chi connectivity index (χ3v) is 1.40. The number of ether oxygens (including phenoxy) is 2. The smallest absolute Gasteiger partial charge is 0.308 e. The standard InChI is InChI=1S/C6H12O3.C5H10O3/c1-2-5-9-6(8)3-4-7;1-2-8-5(7)3-4-6/h7H,2-5H2,1H3;6H,2-4H2,1H3. The highest BCUT2D eigenvalue weighted by Crippen LogP contribution is 1.86. The molecule has 0 aliphatic heterocycles.